The largest absolute Gasteiger partial charge is 0.493 e. The second kappa shape index (κ2) is 10.9. The van der Waals surface area contributed by atoms with Gasteiger partial charge in [0.05, 0.1) is 12.7 Å². The van der Waals surface area contributed by atoms with Crippen molar-refractivity contribution < 1.29 is 22.1 Å². The van der Waals surface area contributed by atoms with E-state index in [1.54, 1.807) is 18.2 Å². The molecule has 0 spiro atoms. The maximum atomic E-state index is 12.9. The molecule has 0 radical (unpaired) electrons. The van der Waals surface area contributed by atoms with Gasteiger partial charge in [0.1, 0.15) is 0 Å². The molecule has 1 fully saturated rings. The molecule has 0 atom stereocenters. The van der Waals surface area contributed by atoms with Crippen LogP contribution in [0.25, 0.3) is 22.2 Å². The number of pyridine rings is 1. The molecule has 1 amide bonds. The van der Waals surface area contributed by atoms with Gasteiger partial charge in [-0.15, -0.1) is 12.4 Å². The smallest absolute Gasteiger partial charge is 0.357 e. The zero-order chi connectivity index (χ0) is 26.3. The summed E-state index contributed by atoms with van der Waals surface area (Å²) in [7, 11) is -2.80. The Balaban J connectivity index is 0.00000308. The molecule has 6 rings (SSSR count). The van der Waals surface area contributed by atoms with Gasteiger partial charge < -0.3 is 19.2 Å². The van der Waals surface area contributed by atoms with Crippen LogP contribution in [0.4, 0.5) is 0 Å². The van der Waals surface area contributed by atoms with E-state index in [1.165, 1.54) is 44.2 Å². The number of halogens is 1. The third-order valence-corrected chi connectivity index (χ3v) is 8.27. The predicted molar refractivity (Wildman–Crippen MR) is 150 cm³/mol. The average molecular weight is 569 g/mol. The minimum Gasteiger partial charge on any atom is -0.493 e. The Morgan fingerprint density at radius 2 is 1.87 bits per heavy atom. The van der Waals surface area contributed by atoms with Crippen molar-refractivity contribution >= 4 is 39.3 Å². The molecular weight excluding hydrogens is 540 g/mol. The first-order valence-electron chi connectivity index (χ1n) is 12.6. The van der Waals surface area contributed by atoms with Crippen LogP contribution in [0.15, 0.2) is 59.8 Å². The third-order valence-electron chi connectivity index (χ3n) is 7.13. The number of H-pyrrole nitrogens is 1. The number of ether oxygens (including phenoxy) is 1. The van der Waals surface area contributed by atoms with Gasteiger partial charge in [0, 0.05) is 47.0 Å². The fourth-order valence-corrected chi connectivity index (χ4v) is 6.21. The fraction of sp³-hybridized carbons (Fsp3) is 0.286. The molecule has 2 aliphatic heterocycles. The van der Waals surface area contributed by atoms with Gasteiger partial charge in [-0.1, -0.05) is 18.6 Å². The predicted octanol–water partition coefficient (Wildman–Crippen LogP) is 4.66. The van der Waals surface area contributed by atoms with Gasteiger partial charge in [-0.3, -0.25) is 9.69 Å². The van der Waals surface area contributed by atoms with Crippen LogP contribution in [0.1, 0.15) is 40.7 Å². The monoisotopic (exact) mass is 568 g/mol. The number of likely N-dealkylation sites (tertiary alicyclic amines) is 1. The van der Waals surface area contributed by atoms with Crippen molar-refractivity contribution in [2.24, 2.45) is 0 Å². The molecule has 39 heavy (non-hydrogen) atoms. The molecule has 1 saturated heterocycles. The van der Waals surface area contributed by atoms with Crippen LogP contribution in [0.2, 0.25) is 0 Å². The summed E-state index contributed by atoms with van der Waals surface area (Å²) in [5, 5.41) is 3.61. The molecule has 11 heteroatoms. The Kier molecular flexibility index (Phi) is 7.53. The molecule has 0 saturated carbocycles. The summed E-state index contributed by atoms with van der Waals surface area (Å²) < 4.78 is 37.0. The van der Waals surface area contributed by atoms with Crippen LogP contribution < -0.4 is 14.2 Å². The van der Waals surface area contributed by atoms with Crippen LogP contribution in [0.5, 0.6) is 11.5 Å². The van der Waals surface area contributed by atoms with Crippen molar-refractivity contribution in [2.75, 3.05) is 20.2 Å². The topological polar surface area (TPSA) is 114 Å². The lowest BCUT2D eigenvalue weighted by molar-refractivity contribution is 0.0966. The van der Waals surface area contributed by atoms with Gasteiger partial charge in [0.15, 0.2) is 16.5 Å². The van der Waals surface area contributed by atoms with Crippen LogP contribution in [0.3, 0.4) is 0 Å². The molecule has 9 nitrogen and oxygen atoms in total. The number of carbonyl (C=O) groups is 1. The van der Waals surface area contributed by atoms with E-state index in [-0.39, 0.29) is 41.4 Å². The Morgan fingerprint density at radius 1 is 1.05 bits per heavy atom. The van der Waals surface area contributed by atoms with Crippen molar-refractivity contribution in [3.05, 3.63) is 71.4 Å². The highest BCUT2D eigenvalue weighted by molar-refractivity contribution is 7.87. The van der Waals surface area contributed by atoms with E-state index in [4.69, 9.17) is 8.92 Å². The number of rotatable bonds is 7. The second-order valence-electron chi connectivity index (χ2n) is 9.64. The Labute approximate surface area is 233 Å². The quantitative estimate of drug-likeness (QED) is 0.312. The Hall–Kier alpha value is -3.60. The molecule has 2 aromatic heterocycles. The first-order chi connectivity index (χ1) is 18.4. The highest BCUT2D eigenvalue weighted by Gasteiger charge is 2.33. The summed E-state index contributed by atoms with van der Waals surface area (Å²) in [5.74, 6) is -0.114. The normalized spacial score (nSPS) is 15.5. The average Bonchev–Trinajstić information content (AvgIpc) is 3.53. The molecule has 0 aliphatic carbocycles. The molecule has 4 aromatic rings. The van der Waals surface area contributed by atoms with Crippen LogP contribution >= 0.6 is 12.4 Å². The van der Waals surface area contributed by atoms with E-state index in [0.29, 0.717) is 16.7 Å². The summed E-state index contributed by atoms with van der Waals surface area (Å²) in [5.41, 5.74) is 4.33. The number of methoxy groups -OCH3 is 1. The summed E-state index contributed by atoms with van der Waals surface area (Å²) in [6.45, 7) is 3.29. The number of hydrogen-bond donors (Lipinski definition) is 2. The lowest BCUT2D eigenvalue weighted by Crippen LogP contribution is -2.28. The van der Waals surface area contributed by atoms with Crippen molar-refractivity contribution in [2.45, 2.75) is 37.4 Å². The van der Waals surface area contributed by atoms with E-state index < -0.39 is 10.1 Å². The van der Waals surface area contributed by atoms with Crippen molar-refractivity contribution in [1.82, 2.24) is 20.2 Å². The second-order valence-corrected chi connectivity index (χ2v) is 11.1. The number of nitrogens with one attached hydrogen (secondary N) is 2. The molecule has 2 aliphatic rings. The number of piperidine rings is 1. The maximum absolute atomic E-state index is 12.9. The van der Waals surface area contributed by atoms with E-state index in [0.717, 1.165) is 36.2 Å². The molecule has 2 N–H and O–H groups in total. The molecule has 0 unspecified atom stereocenters. The summed E-state index contributed by atoms with van der Waals surface area (Å²) in [4.78, 5) is 22.8. The minimum absolute atomic E-state index is 0. The number of amides is 1. The number of nitrogens with zero attached hydrogens (tertiary/aromatic N) is 2. The molecular formula is C28H29ClN4O5S. The summed E-state index contributed by atoms with van der Waals surface area (Å²) >= 11 is 0. The molecule has 2 aromatic carbocycles. The van der Waals surface area contributed by atoms with Crippen LogP contribution in [0, 0.1) is 0 Å². The lowest BCUT2D eigenvalue weighted by Gasteiger charge is -2.26. The van der Waals surface area contributed by atoms with Gasteiger partial charge in [0.2, 0.25) is 0 Å². The van der Waals surface area contributed by atoms with E-state index in [1.807, 2.05) is 6.07 Å². The Morgan fingerprint density at radius 3 is 2.62 bits per heavy atom. The molecule has 0 bridgehead atoms. The van der Waals surface area contributed by atoms with Crippen molar-refractivity contribution in [3.8, 4) is 22.8 Å². The fourth-order valence-electron chi connectivity index (χ4n) is 5.28. The first kappa shape index (κ1) is 27.0. The van der Waals surface area contributed by atoms with Crippen LogP contribution in [-0.2, 0) is 23.2 Å². The number of carbonyl (C=O) groups excluding carboxylic acids is 1. The van der Waals surface area contributed by atoms with E-state index >= 15 is 0 Å². The number of hydrogen-bond acceptors (Lipinski definition) is 7. The van der Waals surface area contributed by atoms with E-state index in [2.05, 4.69) is 38.4 Å². The van der Waals surface area contributed by atoms with Crippen molar-refractivity contribution in [3.63, 3.8) is 0 Å². The van der Waals surface area contributed by atoms with Gasteiger partial charge in [-0.25, -0.2) is 4.98 Å². The summed E-state index contributed by atoms with van der Waals surface area (Å²) in [6.07, 6.45) is 5.17. The van der Waals surface area contributed by atoms with Gasteiger partial charge in [-0.05, 0) is 67.9 Å². The molecule has 4 heterocycles. The maximum Gasteiger partial charge on any atom is 0.357 e. The highest BCUT2D eigenvalue weighted by atomic mass is 35.5. The Bertz CT molecular complexity index is 1630. The SMILES string of the molecule is COc1cc(-c2cc3cc(CN4CCCCC4)ccc3[nH]2)c2c(c1OS(=O)(=O)c1ccccn1)CNC2=O.Cl. The number of benzene rings is 2. The van der Waals surface area contributed by atoms with Gasteiger partial charge in [0.25, 0.3) is 5.91 Å². The first-order valence-corrected chi connectivity index (χ1v) is 14.1. The van der Waals surface area contributed by atoms with Gasteiger partial charge in [-0.2, -0.15) is 8.42 Å². The number of aromatic amines is 1. The molecule has 204 valence electrons. The lowest BCUT2D eigenvalue weighted by atomic mass is 9.98. The number of fused-ring (bicyclic) bond motifs is 2. The van der Waals surface area contributed by atoms with E-state index in [9.17, 15) is 13.2 Å². The third kappa shape index (κ3) is 5.19. The number of aromatic nitrogens is 2. The zero-order valence-corrected chi connectivity index (χ0v) is 23.0. The standard InChI is InChI=1S/C28H28N4O5S.ClH/c1-36-24-15-20(23-14-19-13-18(8-9-22(19)31-23)17-32-11-5-2-6-12-32)26-21(16-30-28(26)33)27(24)37-38(34,35)25-7-3-4-10-29-25;/h3-4,7-10,13-15,31H,2,5-6,11-12,16-17H2,1H3,(H,30,33);1H. The highest BCUT2D eigenvalue weighted by Crippen LogP contribution is 2.43. The van der Waals surface area contributed by atoms with Crippen molar-refractivity contribution in [1.29, 1.82) is 0 Å². The summed E-state index contributed by atoms with van der Waals surface area (Å²) in [6, 6.07) is 14.6. The zero-order valence-electron chi connectivity index (χ0n) is 21.4. The van der Waals surface area contributed by atoms with Gasteiger partial charge >= 0.3 is 10.1 Å². The minimum atomic E-state index is -4.24. The van der Waals surface area contributed by atoms with Crippen LogP contribution in [-0.4, -0.2) is 49.4 Å².